The maximum absolute atomic E-state index is 13.1. The van der Waals surface area contributed by atoms with Gasteiger partial charge in [-0.05, 0) is 42.5 Å². The molecule has 1 aromatic carbocycles. The first-order chi connectivity index (χ1) is 18.7. The summed E-state index contributed by atoms with van der Waals surface area (Å²) in [7, 11) is -3.67. The number of hydrogen-bond donors (Lipinski definition) is 3. The van der Waals surface area contributed by atoms with Crippen molar-refractivity contribution in [1.29, 1.82) is 0 Å². The van der Waals surface area contributed by atoms with Crippen LogP contribution < -0.4 is 16.0 Å². The van der Waals surface area contributed by atoms with E-state index in [0.29, 0.717) is 54.8 Å². The molecule has 2 aromatic rings. The van der Waals surface area contributed by atoms with Gasteiger partial charge in [0.15, 0.2) is 0 Å². The van der Waals surface area contributed by atoms with Crippen molar-refractivity contribution in [1.82, 2.24) is 15.2 Å². The Bertz CT molecular complexity index is 1250. The highest BCUT2D eigenvalue weighted by atomic mass is 35.5. The molecule has 2 atom stereocenters. The third-order valence-corrected chi connectivity index (χ3v) is 6.86. The molecule has 4 N–H and O–H groups in total. The number of aromatic nitrogens is 1. The fourth-order valence-corrected chi connectivity index (χ4v) is 4.97. The fraction of sp³-hybridized carbons (Fsp3) is 0.519. The molecule has 0 radical (unpaired) electrons. The number of benzene rings is 1. The number of piperazine rings is 1. The van der Waals surface area contributed by atoms with Crippen LogP contribution >= 0.6 is 23.2 Å². The highest BCUT2D eigenvalue weighted by Gasteiger charge is 2.28. The van der Waals surface area contributed by atoms with Gasteiger partial charge in [-0.1, -0.05) is 56.1 Å². The zero-order valence-corrected chi connectivity index (χ0v) is 25.6. The number of amides is 2. The number of hydrogen-bond acceptors (Lipinski definition) is 7. The smallest absolute Gasteiger partial charge is 0.261 e. The molecule has 1 unspecified atom stereocenters. The summed E-state index contributed by atoms with van der Waals surface area (Å²) in [5.74, 6) is 0.979. The van der Waals surface area contributed by atoms with Crippen molar-refractivity contribution in [3.05, 3.63) is 57.7 Å². The number of carbonyl (C=O) groups is 2. The third kappa shape index (κ3) is 11.2. The van der Waals surface area contributed by atoms with Crippen LogP contribution in [0.2, 0.25) is 10.0 Å². The Morgan fingerprint density at radius 2 is 1.75 bits per heavy atom. The SMILES string of the molecule is CC(C)C[C@H](NC(=O)CN)c1cccnc1N1CCN(C(=O)C(C)Cc2ccc(Cl)cc2Cl)CC1.CS(=O)(=O)O. The number of halogens is 2. The maximum Gasteiger partial charge on any atom is 0.261 e. The lowest BCUT2D eigenvalue weighted by atomic mass is 9.96. The molecule has 1 aliphatic heterocycles. The van der Waals surface area contributed by atoms with E-state index in [1.165, 1.54) is 0 Å². The van der Waals surface area contributed by atoms with Crippen LogP contribution in [-0.2, 0) is 26.1 Å². The van der Waals surface area contributed by atoms with Crippen LogP contribution in [0.5, 0.6) is 0 Å². The molecule has 1 fully saturated rings. The predicted molar refractivity (Wildman–Crippen MR) is 159 cm³/mol. The van der Waals surface area contributed by atoms with E-state index in [4.69, 9.17) is 33.5 Å². The van der Waals surface area contributed by atoms with Crippen molar-refractivity contribution in [2.45, 2.75) is 39.7 Å². The highest BCUT2D eigenvalue weighted by Crippen LogP contribution is 2.30. The van der Waals surface area contributed by atoms with E-state index in [1.54, 1.807) is 18.3 Å². The van der Waals surface area contributed by atoms with Crippen molar-refractivity contribution >= 4 is 51.0 Å². The van der Waals surface area contributed by atoms with E-state index in [1.807, 2.05) is 30.0 Å². The number of anilines is 1. The molecule has 2 heterocycles. The first-order valence-corrected chi connectivity index (χ1v) is 15.6. The summed E-state index contributed by atoms with van der Waals surface area (Å²) in [4.78, 5) is 34.0. The average Bonchev–Trinajstić information content (AvgIpc) is 2.88. The topological polar surface area (TPSA) is 146 Å². The van der Waals surface area contributed by atoms with Gasteiger partial charge in [0, 0.05) is 53.9 Å². The predicted octanol–water partition coefficient (Wildman–Crippen LogP) is 3.58. The molecule has 40 heavy (non-hydrogen) atoms. The molecule has 0 aliphatic carbocycles. The summed E-state index contributed by atoms with van der Waals surface area (Å²) >= 11 is 12.3. The monoisotopic (exact) mass is 615 g/mol. The van der Waals surface area contributed by atoms with Gasteiger partial charge in [-0.25, -0.2) is 4.98 Å². The summed E-state index contributed by atoms with van der Waals surface area (Å²) < 4.78 is 25.9. The van der Waals surface area contributed by atoms with Crippen LogP contribution in [0.1, 0.15) is 44.4 Å². The van der Waals surface area contributed by atoms with E-state index in [-0.39, 0.29) is 30.3 Å². The Kier molecular flexibility index (Phi) is 13.1. The largest absolute Gasteiger partial charge is 0.353 e. The minimum absolute atomic E-state index is 0.0512. The minimum atomic E-state index is -3.67. The molecule has 2 amide bonds. The van der Waals surface area contributed by atoms with Gasteiger partial charge in [0.2, 0.25) is 11.8 Å². The Morgan fingerprint density at radius 1 is 1.12 bits per heavy atom. The third-order valence-electron chi connectivity index (χ3n) is 6.27. The van der Waals surface area contributed by atoms with Gasteiger partial charge in [-0.3, -0.25) is 14.1 Å². The van der Waals surface area contributed by atoms with Crippen molar-refractivity contribution in [2.75, 3.05) is 43.9 Å². The van der Waals surface area contributed by atoms with E-state index in [2.05, 4.69) is 29.0 Å². The van der Waals surface area contributed by atoms with Gasteiger partial charge in [-0.2, -0.15) is 8.42 Å². The standard InChI is InChI=1S/C26H35Cl2N5O2.CH4O3S/c1-17(2)13-23(31-24(34)16-29)21-5-4-8-30-25(21)32-9-11-33(12-10-32)26(35)18(3)14-19-6-7-20(27)15-22(19)28;1-5(2,3)4/h4-8,15,17-18,23H,9-14,16,29H2,1-3H3,(H,31,34);1H3,(H,2,3,4)/t18?,23-;/m0./s1. The van der Waals surface area contributed by atoms with Gasteiger partial charge in [0.05, 0.1) is 18.8 Å². The lowest BCUT2D eigenvalue weighted by Crippen LogP contribution is -2.51. The van der Waals surface area contributed by atoms with Crippen LogP contribution in [0.4, 0.5) is 5.82 Å². The Labute approximate surface area is 247 Å². The summed E-state index contributed by atoms with van der Waals surface area (Å²) in [5.41, 5.74) is 7.45. The summed E-state index contributed by atoms with van der Waals surface area (Å²) in [6, 6.07) is 9.13. The second-order valence-electron chi connectivity index (χ2n) is 10.3. The van der Waals surface area contributed by atoms with E-state index >= 15 is 0 Å². The number of pyridine rings is 1. The lowest BCUT2D eigenvalue weighted by Gasteiger charge is -2.38. The van der Waals surface area contributed by atoms with E-state index in [0.717, 1.165) is 23.4 Å². The van der Waals surface area contributed by atoms with Crippen LogP contribution in [0.3, 0.4) is 0 Å². The van der Waals surface area contributed by atoms with Crippen molar-refractivity contribution in [3.8, 4) is 0 Å². The lowest BCUT2D eigenvalue weighted by molar-refractivity contribution is -0.135. The molecular weight excluding hydrogens is 577 g/mol. The molecule has 0 spiro atoms. The average molecular weight is 617 g/mol. The fourth-order valence-electron chi connectivity index (χ4n) is 4.49. The Balaban J connectivity index is 0.00000103. The van der Waals surface area contributed by atoms with Gasteiger partial charge in [-0.15, -0.1) is 0 Å². The molecule has 13 heteroatoms. The summed E-state index contributed by atoms with van der Waals surface area (Å²) in [6.45, 7) is 8.69. The molecule has 0 saturated carbocycles. The van der Waals surface area contributed by atoms with Gasteiger partial charge in [0.1, 0.15) is 5.82 Å². The number of carbonyl (C=O) groups excluding carboxylic acids is 2. The van der Waals surface area contributed by atoms with Crippen LogP contribution in [0, 0.1) is 11.8 Å². The maximum atomic E-state index is 13.1. The first-order valence-electron chi connectivity index (χ1n) is 13.0. The molecule has 1 aliphatic rings. The zero-order chi connectivity index (χ0) is 30.0. The Hall–Kier alpha value is -2.44. The number of nitrogens with one attached hydrogen (secondary N) is 1. The summed E-state index contributed by atoms with van der Waals surface area (Å²) in [6.07, 6.45) is 3.84. The Morgan fingerprint density at radius 3 is 2.30 bits per heavy atom. The molecular formula is C27H39Cl2N5O5S. The molecule has 3 rings (SSSR count). The summed E-state index contributed by atoms with van der Waals surface area (Å²) in [5, 5.41) is 4.22. The van der Waals surface area contributed by atoms with Crippen LogP contribution in [0.15, 0.2) is 36.5 Å². The zero-order valence-electron chi connectivity index (χ0n) is 23.3. The second kappa shape index (κ2) is 15.5. The van der Waals surface area contributed by atoms with Crippen LogP contribution in [0.25, 0.3) is 0 Å². The number of rotatable bonds is 9. The molecule has 1 saturated heterocycles. The van der Waals surface area contributed by atoms with Gasteiger partial charge < -0.3 is 20.9 Å². The second-order valence-corrected chi connectivity index (χ2v) is 12.6. The first kappa shape index (κ1) is 33.8. The minimum Gasteiger partial charge on any atom is -0.353 e. The molecule has 0 bridgehead atoms. The van der Waals surface area contributed by atoms with E-state index < -0.39 is 10.1 Å². The van der Waals surface area contributed by atoms with Crippen molar-refractivity contribution < 1.29 is 22.6 Å². The van der Waals surface area contributed by atoms with Gasteiger partial charge in [0.25, 0.3) is 10.1 Å². The van der Waals surface area contributed by atoms with E-state index in [9.17, 15) is 18.0 Å². The molecule has 1 aromatic heterocycles. The number of nitrogens with two attached hydrogens (primary N) is 1. The quantitative estimate of drug-likeness (QED) is 0.363. The van der Waals surface area contributed by atoms with Crippen molar-refractivity contribution in [2.24, 2.45) is 17.6 Å². The number of nitrogens with zero attached hydrogens (tertiary/aromatic N) is 3. The highest BCUT2D eigenvalue weighted by molar-refractivity contribution is 7.85. The van der Waals surface area contributed by atoms with Crippen molar-refractivity contribution in [3.63, 3.8) is 0 Å². The molecule has 10 nitrogen and oxygen atoms in total. The molecule has 222 valence electrons. The normalized spacial score (nSPS) is 15.2. The van der Waals surface area contributed by atoms with Crippen LogP contribution in [-0.4, -0.2) is 73.6 Å². The van der Waals surface area contributed by atoms with Gasteiger partial charge >= 0.3 is 0 Å².